The minimum absolute atomic E-state index is 0.0977. The van der Waals surface area contributed by atoms with Crippen LogP contribution in [0.25, 0.3) is 0 Å². The maximum absolute atomic E-state index is 10.1. The van der Waals surface area contributed by atoms with E-state index in [2.05, 4.69) is 12.2 Å². The normalized spacial score (nSPS) is 38.3. The van der Waals surface area contributed by atoms with Crippen molar-refractivity contribution in [1.29, 1.82) is 0 Å². The first-order valence-electron chi connectivity index (χ1n) is 8.21. The van der Waals surface area contributed by atoms with Crippen LogP contribution < -0.4 is 5.32 Å². The Morgan fingerprint density at radius 3 is 2.28 bits per heavy atom. The van der Waals surface area contributed by atoms with Gasteiger partial charge < -0.3 is 10.4 Å². The van der Waals surface area contributed by atoms with Gasteiger partial charge in [-0.05, 0) is 44.1 Å². The average Bonchev–Trinajstić information content (AvgIpc) is 2.62. The van der Waals surface area contributed by atoms with Crippen LogP contribution in [0, 0.1) is 11.8 Å². The molecule has 2 atom stereocenters. The summed E-state index contributed by atoms with van der Waals surface area (Å²) in [5, 5.41) is 13.8. The van der Waals surface area contributed by atoms with Crippen LogP contribution in [-0.2, 0) is 0 Å². The van der Waals surface area contributed by atoms with Crippen LogP contribution in [0.5, 0.6) is 0 Å². The molecule has 0 aliphatic heterocycles. The second kappa shape index (κ2) is 7.49. The second-order valence-electron chi connectivity index (χ2n) is 6.52. The standard InChI is InChI=1S/C16H31NO/c1-2-13-8-10-14(11-9-13)12-17-15-6-4-3-5-7-16(15)18/h13-18H,2-12H2,1H3. The van der Waals surface area contributed by atoms with Gasteiger partial charge in [0.25, 0.3) is 0 Å². The van der Waals surface area contributed by atoms with E-state index in [1.807, 2.05) is 0 Å². The topological polar surface area (TPSA) is 32.3 Å². The zero-order chi connectivity index (χ0) is 12.8. The molecule has 0 spiro atoms. The van der Waals surface area contributed by atoms with Crippen LogP contribution in [0.4, 0.5) is 0 Å². The summed E-state index contributed by atoms with van der Waals surface area (Å²) in [4.78, 5) is 0. The quantitative estimate of drug-likeness (QED) is 0.752. The van der Waals surface area contributed by atoms with Gasteiger partial charge in [0.15, 0.2) is 0 Å². The van der Waals surface area contributed by atoms with Crippen LogP contribution in [0.1, 0.15) is 71.1 Å². The van der Waals surface area contributed by atoms with Gasteiger partial charge in [-0.2, -0.15) is 0 Å². The van der Waals surface area contributed by atoms with Gasteiger partial charge in [-0.15, -0.1) is 0 Å². The summed E-state index contributed by atoms with van der Waals surface area (Å²) in [5.74, 6) is 1.85. The minimum atomic E-state index is -0.0977. The van der Waals surface area contributed by atoms with Gasteiger partial charge in [0.2, 0.25) is 0 Å². The summed E-state index contributed by atoms with van der Waals surface area (Å²) in [6, 6.07) is 0.372. The van der Waals surface area contributed by atoms with Gasteiger partial charge in [0.1, 0.15) is 0 Å². The number of aliphatic hydroxyl groups is 1. The predicted molar refractivity (Wildman–Crippen MR) is 76.6 cm³/mol. The van der Waals surface area contributed by atoms with Crippen LogP contribution in [0.3, 0.4) is 0 Å². The molecule has 0 amide bonds. The van der Waals surface area contributed by atoms with Crippen LogP contribution in [-0.4, -0.2) is 23.8 Å². The Morgan fingerprint density at radius 2 is 1.56 bits per heavy atom. The molecule has 2 rings (SSSR count). The molecular formula is C16H31NO. The van der Waals surface area contributed by atoms with Crippen molar-refractivity contribution in [3.63, 3.8) is 0 Å². The van der Waals surface area contributed by atoms with E-state index in [9.17, 15) is 5.11 Å². The highest BCUT2D eigenvalue weighted by Crippen LogP contribution is 2.30. The molecule has 0 aromatic carbocycles. The molecule has 0 aromatic heterocycles. The van der Waals surface area contributed by atoms with Crippen molar-refractivity contribution < 1.29 is 5.11 Å². The van der Waals surface area contributed by atoms with E-state index in [0.717, 1.165) is 24.8 Å². The van der Waals surface area contributed by atoms with E-state index < -0.39 is 0 Å². The summed E-state index contributed by atoms with van der Waals surface area (Å²) in [6.45, 7) is 3.46. The summed E-state index contributed by atoms with van der Waals surface area (Å²) in [7, 11) is 0. The number of rotatable bonds is 4. The van der Waals surface area contributed by atoms with E-state index in [0.29, 0.717) is 6.04 Å². The fourth-order valence-electron chi connectivity index (χ4n) is 3.69. The molecule has 0 radical (unpaired) electrons. The highest BCUT2D eigenvalue weighted by atomic mass is 16.3. The lowest BCUT2D eigenvalue weighted by molar-refractivity contribution is 0.115. The Labute approximate surface area is 113 Å². The van der Waals surface area contributed by atoms with Gasteiger partial charge in [-0.3, -0.25) is 0 Å². The fourth-order valence-corrected chi connectivity index (χ4v) is 3.69. The molecule has 2 aliphatic rings. The van der Waals surface area contributed by atoms with Gasteiger partial charge in [-0.1, -0.05) is 45.4 Å². The lowest BCUT2D eigenvalue weighted by atomic mass is 9.81. The Bertz CT molecular complexity index is 223. The molecule has 2 fully saturated rings. The number of hydrogen-bond donors (Lipinski definition) is 2. The first kappa shape index (κ1) is 14.3. The van der Waals surface area contributed by atoms with Gasteiger partial charge in [-0.25, -0.2) is 0 Å². The Balaban J connectivity index is 1.67. The van der Waals surface area contributed by atoms with Crippen molar-refractivity contribution in [2.75, 3.05) is 6.54 Å². The lowest BCUT2D eigenvalue weighted by Gasteiger charge is -2.30. The van der Waals surface area contributed by atoms with E-state index in [-0.39, 0.29) is 6.10 Å². The summed E-state index contributed by atoms with van der Waals surface area (Å²) in [5.41, 5.74) is 0. The molecule has 0 bridgehead atoms. The number of aliphatic hydroxyl groups excluding tert-OH is 1. The highest BCUT2D eigenvalue weighted by molar-refractivity contribution is 4.81. The zero-order valence-corrected chi connectivity index (χ0v) is 12.0. The first-order chi connectivity index (χ1) is 8.79. The number of nitrogens with one attached hydrogen (secondary N) is 1. The molecule has 106 valence electrons. The molecule has 2 N–H and O–H groups in total. The fraction of sp³-hybridized carbons (Fsp3) is 1.00. The van der Waals surface area contributed by atoms with Crippen LogP contribution in [0.15, 0.2) is 0 Å². The molecular weight excluding hydrogens is 222 g/mol. The molecule has 2 nitrogen and oxygen atoms in total. The Morgan fingerprint density at radius 1 is 0.889 bits per heavy atom. The summed E-state index contributed by atoms with van der Waals surface area (Å²) < 4.78 is 0. The maximum atomic E-state index is 10.1. The van der Waals surface area contributed by atoms with E-state index in [1.165, 1.54) is 57.8 Å². The highest BCUT2D eigenvalue weighted by Gasteiger charge is 2.24. The largest absolute Gasteiger partial charge is 0.392 e. The summed E-state index contributed by atoms with van der Waals surface area (Å²) >= 11 is 0. The molecule has 2 unspecified atom stereocenters. The third-order valence-electron chi connectivity index (χ3n) is 5.19. The van der Waals surface area contributed by atoms with Crippen molar-refractivity contribution in [2.45, 2.75) is 83.3 Å². The number of hydrogen-bond acceptors (Lipinski definition) is 2. The average molecular weight is 253 g/mol. The smallest absolute Gasteiger partial charge is 0.0693 e. The third-order valence-corrected chi connectivity index (χ3v) is 5.19. The van der Waals surface area contributed by atoms with Crippen molar-refractivity contribution in [3.8, 4) is 0 Å². The van der Waals surface area contributed by atoms with Gasteiger partial charge in [0.05, 0.1) is 6.10 Å². The monoisotopic (exact) mass is 253 g/mol. The maximum Gasteiger partial charge on any atom is 0.0693 e. The lowest BCUT2D eigenvalue weighted by Crippen LogP contribution is -2.42. The first-order valence-corrected chi connectivity index (χ1v) is 8.21. The van der Waals surface area contributed by atoms with E-state index in [1.54, 1.807) is 0 Å². The third kappa shape index (κ3) is 4.24. The Kier molecular flexibility index (Phi) is 5.97. The van der Waals surface area contributed by atoms with Gasteiger partial charge >= 0.3 is 0 Å². The summed E-state index contributed by atoms with van der Waals surface area (Å²) in [6.07, 6.45) is 12.9. The molecule has 0 heterocycles. The molecule has 0 saturated heterocycles. The predicted octanol–water partition coefficient (Wildman–Crippen LogP) is 3.49. The zero-order valence-electron chi connectivity index (χ0n) is 12.0. The minimum Gasteiger partial charge on any atom is -0.392 e. The molecule has 2 heteroatoms. The van der Waals surface area contributed by atoms with Crippen LogP contribution in [0.2, 0.25) is 0 Å². The molecule has 2 saturated carbocycles. The van der Waals surface area contributed by atoms with Crippen LogP contribution >= 0.6 is 0 Å². The van der Waals surface area contributed by atoms with Crippen molar-refractivity contribution >= 4 is 0 Å². The van der Waals surface area contributed by atoms with Crippen molar-refractivity contribution in [1.82, 2.24) is 5.32 Å². The van der Waals surface area contributed by atoms with Crippen molar-refractivity contribution in [3.05, 3.63) is 0 Å². The van der Waals surface area contributed by atoms with E-state index >= 15 is 0 Å². The SMILES string of the molecule is CCC1CCC(CNC2CCCCCC2O)CC1. The Hall–Kier alpha value is -0.0800. The second-order valence-corrected chi connectivity index (χ2v) is 6.52. The molecule has 0 aromatic rings. The van der Waals surface area contributed by atoms with Crippen molar-refractivity contribution in [2.24, 2.45) is 11.8 Å². The van der Waals surface area contributed by atoms with E-state index in [4.69, 9.17) is 0 Å². The molecule has 2 aliphatic carbocycles. The van der Waals surface area contributed by atoms with Gasteiger partial charge in [0, 0.05) is 6.04 Å². The molecule has 18 heavy (non-hydrogen) atoms.